The molecule has 206 valence electrons. The maximum absolute atomic E-state index is 14.1. The van der Waals surface area contributed by atoms with Crippen molar-refractivity contribution in [3.05, 3.63) is 83.2 Å². The van der Waals surface area contributed by atoms with Crippen LogP contribution in [0.3, 0.4) is 0 Å². The van der Waals surface area contributed by atoms with Crippen molar-refractivity contribution in [3.8, 4) is 34.0 Å². The molecule has 0 unspecified atom stereocenters. The largest absolute Gasteiger partial charge is 0.459 e. The highest BCUT2D eigenvalue weighted by Gasteiger charge is 2.63. The van der Waals surface area contributed by atoms with Gasteiger partial charge in [-0.1, -0.05) is 83.3 Å². The second kappa shape index (κ2) is 12.2. The molecule has 0 spiro atoms. The zero-order chi connectivity index (χ0) is 30.4. The molecule has 0 radical (unpaired) electrons. The van der Waals surface area contributed by atoms with Gasteiger partial charge in [-0.2, -0.15) is 31.0 Å². The highest BCUT2D eigenvalue weighted by molar-refractivity contribution is 7.25. The van der Waals surface area contributed by atoms with Crippen LogP contribution in [0.4, 0.5) is 10.3 Å². The summed E-state index contributed by atoms with van der Waals surface area (Å²) >= 11 is 1.82. The second-order valence-corrected chi connectivity index (χ2v) is 10.5. The van der Waals surface area contributed by atoms with Crippen molar-refractivity contribution >= 4 is 56.3 Å². The number of esters is 2. The van der Waals surface area contributed by atoms with Crippen molar-refractivity contribution < 1.29 is 19.1 Å². The van der Waals surface area contributed by atoms with E-state index < -0.39 is 28.8 Å². The van der Waals surface area contributed by atoms with Crippen LogP contribution in [0.2, 0.25) is 0 Å². The van der Waals surface area contributed by atoms with E-state index in [2.05, 4.69) is 20.0 Å². The Balaban J connectivity index is 1.69. The number of hydrogen-bond acceptors (Lipinski definition) is 14. The summed E-state index contributed by atoms with van der Waals surface area (Å²) in [5, 5.41) is 36.7. The zero-order valence-electron chi connectivity index (χ0n) is 21.7. The standard InChI is InChI=1S/C29H14N8O4S2/c30-11-19(12-31)34-27-36-23-21(42-27)22-24(37-28(43-22)35-20(13-32)14-33)29(23,25(38)40-15-17-7-3-1-4-8-17)26(39)41-16-18-9-5-2-6-10-18/h1-10H,15-16H2. The van der Waals surface area contributed by atoms with Gasteiger partial charge in [0.2, 0.25) is 21.7 Å². The molecule has 0 saturated heterocycles. The predicted molar refractivity (Wildman–Crippen MR) is 153 cm³/mol. The van der Waals surface area contributed by atoms with E-state index in [0.29, 0.717) is 11.1 Å². The van der Waals surface area contributed by atoms with Crippen LogP contribution in [0.1, 0.15) is 22.5 Å². The van der Waals surface area contributed by atoms with Crippen LogP contribution < -0.4 is 0 Å². The Morgan fingerprint density at radius 1 is 0.674 bits per heavy atom. The van der Waals surface area contributed by atoms with Crippen LogP contribution in [0, 0.1) is 45.3 Å². The predicted octanol–water partition coefficient (Wildman–Crippen LogP) is 4.59. The first-order valence-electron chi connectivity index (χ1n) is 12.2. The van der Waals surface area contributed by atoms with Gasteiger partial charge in [-0.05, 0) is 11.1 Å². The molecule has 1 aliphatic rings. The summed E-state index contributed by atoms with van der Waals surface area (Å²) in [4.78, 5) is 45.5. The number of nitrogens with zero attached hydrogens (tertiary/aromatic N) is 8. The zero-order valence-corrected chi connectivity index (χ0v) is 23.3. The number of fused-ring (bicyclic) bond motifs is 3. The fourth-order valence-electron chi connectivity index (χ4n) is 4.12. The number of rotatable bonds is 8. The summed E-state index contributed by atoms with van der Waals surface area (Å²) in [7, 11) is 0. The van der Waals surface area contributed by atoms with E-state index in [1.807, 2.05) is 0 Å². The number of benzene rings is 2. The van der Waals surface area contributed by atoms with Crippen molar-refractivity contribution in [2.45, 2.75) is 18.6 Å². The Bertz CT molecular complexity index is 1790. The quantitative estimate of drug-likeness (QED) is 0.156. The van der Waals surface area contributed by atoms with E-state index in [4.69, 9.17) is 9.47 Å². The Morgan fingerprint density at radius 2 is 1.05 bits per heavy atom. The van der Waals surface area contributed by atoms with Crippen molar-refractivity contribution in [2.75, 3.05) is 0 Å². The van der Waals surface area contributed by atoms with Crippen molar-refractivity contribution in [2.24, 2.45) is 9.98 Å². The van der Waals surface area contributed by atoms with Crippen LogP contribution in [-0.4, -0.2) is 33.3 Å². The van der Waals surface area contributed by atoms with Gasteiger partial charge >= 0.3 is 11.9 Å². The van der Waals surface area contributed by atoms with Gasteiger partial charge in [-0.25, -0.2) is 19.6 Å². The Kier molecular flexibility index (Phi) is 8.08. The number of ether oxygens (including phenoxy) is 2. The average Bonchev–Trinajstić information content (AvgIpc) is 3.71. The molecule has 0 amide bonds. The summed E-state index contributed by atoms with van der Waals surface area (Å²) in [5.41, 5.74) is -2.20. The third-order valence-electron chi connectivity index (χ3n) is 6.02. The summed E-state index contributed by atoms with van der Waals surface area (Å²) < 4.78 is 11.4. The molecule has 14 heteroatoms. The molecule has 0 N–H and O–H groups in total. The van der Waals surface area contributed by atoms with E-state index in [9.17, 15) is 30.6 Å². The summed E-state index contributed by atoms with van der Waals surface area (Å²) in [6.45, 7) is -0.384. The van der Waals surface area contributed by atoms with E-state index in [-0.39, 0.29) is 44.6 Å². The van der Waals surface area contributed by atoms with Crippen LogP contribution in [0.15, 0.2) is 70.6 Å². The van der Waals surface area contributed by atoms with Crippen molar-refractivity contribution in [3.63, 3.8) is 0 Å². The van der Waals surface area contributed by atoms with Gasteiger partial charge in [0.15, 0.2) is 0 Å². The first-order valence-corrected chi connectivity index (χ1v) is 13.8. The minimum atomic E-state index is -2.35. The van der Waals surface area contributed by atoms with E-state index in [1.54, 1.807) is 84.9 Å². The average molecular weight is 603 g/mol. The summed E-state index contributed by atoms with van der Waals surface area (Å²) in [6, 6.07) is 24.2. The molecule has 5 rings (SSSR count). The minimum absolute atomic E-state index is 0.0713. The number of aromatic nitrogens is 2. The number of thiazole rings is 2. The maximum Gasteiger partial charge on any atom is 0.336 e. The minimum Gasteiger partial charge on any atom is -0.459 e. The van der Waals surface area contributed by atoms with Crippen LogP contribution in [0.5, 0.6) is 0 Å². The monoisotopic (exact) mass is 602 g/mol. The molecule has 43 heavy (non-hydrogen) atoms. The number of hydrogen-bond donors (Lipinski definition) is 0. The molecule has 0 atom stereocenters. The summed E-state index contributed by atoms with van der Waals surface area (Å²) in [6.07, 6.45) is 0. The summed E-state index contributed by atoms with van der Waals surface area (Å²) in [5.74, 6) is -2.09. The highest BCUT2D eigenvalue weighted by Crippen LogP contribution is 2.57. The Labute approximate surface area is 251 Å². The van der Waals surface area contributed by atoms with Crippen molar-refractivity contribution in [1.82, 2.24) is 9.97 Å². The lowest BCUT2D eigenvalue weighted by Gasteiger charge is -2.24. The second-order valence-electron chi connectivity index (χ2n) is 8.59. The Hall–Kier alpha value is -6.06. The first kappa shape index (κ1) is 28.5. The number of aliphatic imine (C=N–C) groups is 2. The number of carbonyl (C=O) groups is 2. The van der Waals surface area contributed by atoms with Crippen LogP contribution in [0.25, 0.3) is 9.75 Å². The lowest BCUT2D eigenvalue weighted by atomic mass is 9.84. The third-order valence-corrected chi connectivity index (χ3v) is 8.09. The van der Waals surface area contributed by atoms with Crippen LogP contribution >= 0.6 is 22.7 Å². The molecule has 2 aromatic heterocycles. The smallest absolute Gasteiger partial charge is 0.336 e. The molecule has 0 saturated carbocycles. The van der Waals surface area contributed by atoms with Crippen LogP contribution in [-0.2, 0) is 37.7 Å². The van der Waals surface area contributed by atoms with E-state index in [0.717, 1.165) is 22.7 Å². The topological polar surface area (TPSA) is 198 Å². The molecule has 0 fully saturated rings. The molecule has 0 bridgehead atoms. The number of carbonyl (C=O) groups excluding carboxylic acids is 2. The highest BCUT2D eigenvalue weighted by atomic mass is 32.1. The van der Waals surface area contributed by atoms with Gasteiger partial charge in [-0.15, -0.1) is 0 Å². The molecule has 12 nitrogen and oxygen atoms in total. The van der Waals surface area contributed by atoms with Gasteiger partial charge < -0.3 is 9.47 Å². The fourth-order valence-corrected chi connectivity index (χ4v) is 6.25. The van der Waals surface area contributed by atoms with E-state index in [1.165, 1.54) is 0 Å². The third kappa shape index (κ3) is 5.35. The fraction of sp³-hybridized carbons (Fsp3) is 0.103. The van der Waals surface area contributed by atoms with Gasteiger partial charge in [0, 0.05) is 0 Å². The Morgan fingerprint density at radius 3 is 1.40 bits per heavy atom. The first-order chi connectivity index (χ1) is 20.9. The molecule has 2 aromatic carbocycles. The lowest BCUT2D eigenvalue weighted by Crippen LogP contribution is -2.46. The van der Waals surface area contributed by atoms with Crippen molar-refractivity contribution in [1.29, 1.82) is 21.0 Å². The molecule has 2 heterocycles. The number of nitriles is 4. The lowest BCUT2D eigenvalue weighted by molar-refractivity contribution is -0.164. The maximum atomic E-state index is 14.1. The molecule has 1 aliphatic carbocycles. The normalized spacial score (nSPS) is 11.7. The molecular formula is C29H14N8O4S2. The van der Waals surface area contributed by atoms with Gasteiger partial charge in [0.25, 0.3) is 5.41 Å². The molecule has 4 aromatic rings. The van der Waals surface area contributed by atoms with E-state index >= 15 is 0 Å². The van der Waals surface area contributed by atoms with Gasteiger partial charge in [0.1, 0.15) is 37.5 Å². The van der Waals surface area contributed by atoms with Gasteiger partial charge in [-0.3, -0.25) is 0 Å². The molecular weight excluding hydrogens is 589 g/mol. The van der Waals surface area contributed by atoms with Gasteiger partial charge in [0.05, 0.1) is 21.1 Å². The SMILES string of the molecule is N#CC(C#N)=Nc1nc2c(s1)-c1sc(N=C(C#N)C#N)nc1C2(C(=O)OCc1ccccc1)C(=O)OCc1ccccc1. The molecule has 0 aliphatic heterocycles.